The standard InChI is InChI=1S/C7H7I/c1-3-5-6-7(8)4-2/h4-6H,1-2H2/b7-6+. The van der Waals surface area contributed by atoms with Gasteiger partial charge in [-0.1, -0.05) is 19.2 Å². The largest absolute Gasteiger partial charge is 0.129 e. The Bertz CT molecular complexity index is 148. The molecule has 0 unspecified atom stereocenters. The smallest absolute Gasteiger partial charge is 0.0130 e. The van der Waals surface area contributed by atoms with Crippen molar-refractivity contribution < 1.29 is 0 Å². The molecule has 0 fully saturated rings. The first-order chi connectivity index (χ1) is 3.81. The van der Waals surface area contributed by atoms with Crippen LogP contribution in [0.5, 0.6) is 0 Å². The number of hydrogen-bond acceptors (Lipinski definition) is 0. The second-order valence-corrected chi connectivity index (χ2v) is 2.37. The minimum absolute atomic E-state index is 1.10. The van der Waals surface area contributed by atoms with Crippen LogP contribution < -0.4 is 0 Å². The molecule has 0 spiro atoms. The molecule has 0 N–H and O–H groups in total. The van der Waals surface area contributed by atoms with E-state index in [4.69, 9.17) is 0 Å². The molecular weight excluding hydrogens is 211 g/mol. The quantitative estimate of drug-likeness (QED) is 0.379. The predicted octanol–water partition coefficient (Wildman–Crippen LogP) is 2.83. The van der Waals surface area contributed by atoms with Gasteiger partial charge in [-0.15, -0.1) is 5.73 Å². The van der Waals surface area contributed by atoms with E-state index in [1.807, 2.05) is 6.08 Å². The fraction of sp³-hybridized carbons (Fsp3) is 0. The van der Waals surface area contributed by atoms with E-state index in [1.54, 1.807) is 12.2 Å². The van der Waals surface area contributed by atoms with Gasteiger partial charge >= 0.3 is 0 Å². The first kappa shape index (κ1) is 7.73. The first-order valence-electron chi connectivity index (χ1n) is 2.15. The van der Waals surface area contributed by atoms with Crippen LogP contribution in [0.2, 0.25) is 0 Å². The molecule has 0 bridgehead atoms. The van der Waals surface area contributed by atoms with Gasteiger partial charge in [0.15, 0.2) is 0 Å². The molecule has 1 heteroatoms. The molecule has 0 saturated carbocycles. The zero-order valence-corrected chi connectivity index (χ0v) is 6.68. The lowest BCUT2D eigenvalue weighted by atomic mass is 10.5. The lowest BCUT2D eigenvalue weighted by molar-refractivity contribution is 1.94. The summed E-state index contributed by atoms with van der Waals surface area (Å²) < 4.78 is 1.10. The van der Waals surface area contributed by atoms with Gasteiger partial charge in [0.2, 0.25) is 0 Å². The molecule has 0 atom stereocenters. The molecule has 0 aliphatic rings. The van der Waals surface area contributed by atoms with E-state index in [9.17, 15) is 0 Å². The summed E-state index contributed by atoms with van der Waals surface area (Å²) in [5.41, 5.74) is 2.63. The molecule has 0 aromatic heterocycles. The predicted molar refractivity (Wildman–Crippen MR) is 46.0 cm³/mol. The molecule has 0 aliphatic carbocycles. The molecule has 0 aromatic carbocycles. The minimum atomic E-state index is 1.10. The second kappa shape index (κ2) is 4.88. The van der Waals surface area contributed by atoms with Crippen LogP contribution in [0, 0.1) is 0 Å². The van der Waals surface area contributed by atoms with Gasteiger partial charge in [0.05, 0.1) is 0 Å². The van der Waals surface area contributed by atoms with E-state index in [2.05, 4.69) is 41.5 Å². The zero-order valence-electron chi connectivity index (χ0n) is 4.52. The van der Waals surface area contributed by atoms with Crippen LogP contribution in [0.1, 0.15) is 0 Å². The molecule has 0 heterocycles. The molecule has 0 saturated heterocycles. The highest BCUT2D eigenvalue weighted by Gasteiger charge is 1.72. The maximum Gasteiger partial charge on any atom is 0.0130 e. The highest BCUT2D eigenvalue weighted by Crippen LogP contribution is 2.04. The van der Waals surface area contributed by atoms with Crippen molar-refractivity contribution in [2.24, 2.45) is 0 Å². The molecule has 0 aliphatic heterocycles. The maximum atomic E-state index is 3.57. The Hall–Kier alpha value is -0.270. The lowest BCUT2D eigenvalue weighted by Crippen LogP contribution is -1.52. The molecular formula is C7H7I. The van der Waals surface area contributed by atoms with Crippen LogP contribution in [0.4, 0.5) is 0 Å². The summed E-state index contributed by atoms with van der Waals surface area (Å²) in [6.07, 6.45) is 5.42. The Morgan fingerprint density at radius 3 is 2.62 bits per heavy atom. The Kier molecular flexibility index (Phi) is 4.71. The first-order valence-corrected chi connectivity index (χ1v) is 3.23. The average Bonchev–Trinajstić information content (AvgIpc) is 1.83. The number of rotatable bonds is 2. The average molecular weight is 218 g/mol. The summed E-state index contributed by atoms with van der Waals surface area (Å²) in [4.78, 5) is 0. The Morgan fingerprint density at radius 2 is 2.25 bits per heavy atom. The van der Waals surface area contributed by atoms with Gasteiger partial charge in [-0.05, 0) is 34.7 Å². The van der Waals surface area contributed by atoms with Gasteiger partial charge in [-0.25, -0.2) is 0 Å². The molecule has 8 heavy (non-hydrogen) atoms. The second-order valence-electron chi connectivity index (χ2n) is 1.13. The van der Waals surface area contributed by atoms with Crippen molar-refractivity contribution in [2.45, 2.75) is 0 Å². The van der Waals surface area contributed by atoms with Crippen molar-refractivity contribution in [1.82, 2.24) is 0 Å². The summed E-state index contributed by atoms with van der Waals surface area (Å²) in [7, 11) is 0. The van der Waals surface area contributed by atoms with E-state index in [0.29, 0.717) is 0 Å². The molecule has 0 amide bonds. The third-order valence-electron chi connectivity index (χ3n) is 0.555. The SMILES string of the molecule is C=C=C/C=C(/I)C=C. The van der Waals surface area contributed by atoms with Crippen LogP contribution in [-0.4, -0.2) is 0 Å². The molecule has 0 aromatic rings. The van der Waals surface area contributed by atoms with E-state index >= 15 is 0 Å². The highest BCUT2D eigenvalue weighted by atomic mass is 127. The van der Waals surface area contributed by atoms with Crippen molar-refractivity contribution in [2.75, 3.05) is 0 Å². The van der Waals surface area contributed by atoms with Crippen LogP contribution >= 0.6 is 22.6 Å². The maximum absolute atomic E-state index is 3.57. The van der Waals surface area contributed by atoms with Crippen LogP contribution in [0.15, 0.2) is 40.7 Å². The highest BCUT2D eigenvalue weighted by molar-refractivity contribution is 14.1. The Balaban J connectivity index is 3.93. The number of allylic oxidation sites excluding steroid dienone is 4. The molecule has 0 radical (unpaired) electrons. The Morgan fingerprint density at radius 1 is 1.62 bits per heavy atom. The monoisotopic (exact) mass is 218 g/mol. The van der Waals surface area contributed by atoms with Gasteiger partial charge in [0, 0.05) is 3.58 Å². The van der Waals surface area contributed by atoms with Gasteiger partial charge in [0.1, 0.15) is 0 Å². The summed E-state index contributed by atoms with van der Waals surface area (Å²) in [6, 6.07) is 0. The zero-order chi connectivity index (χ0) is 6.41. The third-order valence-corrected chi connectivity index (χ3v) is 1.36. The number of halogens is 1. The number of hydrogen-bond donors (Lipinski definition) is 0. The fourth-order valence-electron chi connectivity index (χ4n) is 0.207. The van der Waals surface area contributed by atoms with Crippen molar-refractivity contribution in [3.8, 4) is 0 Å². The van der Waals surface area contributed by atoms with Crippen molar-refractivity contribution in [3.05, 3.63) is 40.7 Å². The van der Waals surface area contributed by atoms with Gasteiger partial charge < -0.3 is 0 Å². The van der Waals surface area contributed by atoms with E-state index in [-0.39, 0.29) is 0 Å². The fourth-order valence-corrected chi connectivity index (χ4v) is 0.386. The Labute approximate surface area is 63.4 Å². The summed E-state index contributed by atoms with van der Waals surface area (Å²) in [5.74, 6) is 0. The minimum Gasteiger partial charge on any atom is -0.129 e. The van der Waals surface area contributed by atoms with Gasteiger partial charge in [-0.3, -0.25) is 0 Å². The van der Waals surface area contributed by atoms with Crippen LogP contribution in [-0.2, 0) is 0 Å². The summed E-state index contributed by atoms with van der Waals surface area (Å²) in [5, 5.41) is 0. The van der Waals surface area contributed by atoms with Gasteiger partial charge in [0.25, 0.3) is 0 Å². The van der Waals surface area contributed by atoms with Crippen molar-refractivity contribution in [1.29, 1.82) is 0 Å². The summed E-state index contributed by atoms with van der Waals surface area (Å²) in [6.45, 7) is 6.97. The molecule has 42 valence electrons. The summed E-state index contributed by atoms with van der Waals surface area (Å²) >= 11 is 2.17. The topological polar surface area (TPSA) is 0 Å². The van der Waals surface area contributed by atoms with Crippen molar-refractivity contribution in [3.63, 3.8) is 0 Å². The molecule has 0 rings (SSSR count). The molecule has 0 nitrogen and oxygen atoms in total. The lowest BCUT2D eigenvalue weighted by Gasteiger charge is -1.77. The van der Waals surface area contributed by atoms with E-state index in [0.717, 1.165) is 3.58 Å². The van der Waals surface area contributed by atoms with Crippen LogP contribution in [0.3, 0.4) is 0 Å². The van der Waals surface area contributed by atoms with Gasteiger partial charge in [-0.2, -0.15) is 0 Å². The normalized spacial score (nSPS) is 9.88. The third kappa shape index (κ3) is 3.90. The van der Waals surface area contributed by atoms with E-state index < -0.39 is 0 Å². The van der Waals surface area contributed by atoms with Crippen molar-refractivity contribution >= 4 is 22.6 Å². The van der Waals surface area contributed by atoms with Crippen LogP contribution in [0.25, 0.3) is 0 Å². The van der Waals surface area contributed by atoms with E-state index in [1.165, 1.54) is 0 Å².